The molecule has 6 aliphatic heterocycles. The zero-order chi connectivity index (χ0) is 41.2. The minimum absolute atomic E-state index is 0.0876. The fourth-order valence-corrected chi connectivity index (χ4v) is 12.2. The number of pyridine rings is 1. The summed E-state index contributed by atoms with van der Waals surface area (Å²) in [4.78, 5) is 54.4. The molecule has 1 unspecified atom stereocenters. The summed E-state index contributed by atoms with van der Waals surface area (Å²) in [6.07, 6.45) is 11.8. The maximum Gasteiger partial charge on any atom is 0.255 e. The van der Waals surface area contributed by atoms with Crippen LogP contribution in [0.25, 0.3) is 10.9 Å². The number of piperazine rings is 1. The van der Waals surface area contributed by atoms with Gasteiger partial charge in [-0.1, -0.05) is 6.07 Å². The predicted octanol–water partition coefficient (Wildman–Crippen LogP) is 5.14. The number of rotatable bonds is 7. The van der Waals surface area contributed by atoms with Crippen molar-refractivity contribution < 1.29 is 23.5 Å². The lowest BCUT2D eigenvalue weighted by molar-refractivity contribution is -0.136. The summed E-state index contributed by atoms with van der Waals surface area (Å²) in [5.74, 6) is 0.629. The van der Waals surface area contributed by atoms with Crippen molar-refractivity contribution in [2.24, 2.45) is 11.3 Å². The topological polar surface area (TPSA) is 130 Å². The number of ether oxygens (including phenoxy) is 1. The van der Waals surface area contributed by atoms with Gasteiger partial charge in [0.05, 0.1) is 53.6 Å². The van der Waals surface area contributed by atoms with Crippen molar-refractivity contribution in [2.45, 2.75) is 101 Å². The van der Waals surface area contributed by atoms with Crippen molar-refractivity contribution in [3.63, 3.8) is 0 Å². The molecule has 5 fully saturated rings. The summed E-state index contributed by atoms with van der Waals surface area (Å²) in [7, 11) is 0. The van der Waals surface area contributed by atoms with Crippen LogP contribution in [0.4, 0.5) is 15.8 Å². The molecule has 12 rings (SSSR count). The molecule has 4 atom stereocenters. The van der Waals surface area contributed by atoms with E-state index in [2.05, 4.69) is 72.5 Å². The standard InChI is InChI=1S/C47H54FN9O4/c1-28-18-34-32(3-6-37-35(34)20-50-52-37)42(57(28)27-47(48)14-15-47)38-5-2-30(19-49-38)54-25-46(26-54)12-10-29(11-13-46)21-53-16-17-55-31(22-53)24-61-43-36-23-56(40-8-9-41(58)51-44(40)59)45(60)33(36)4-7-39(43)55/h2-7,19-20,28-29,31,40,42H,8-18,21-27H2,1H3,(H,50,52)(H,51,58,59)/t28-,31-,40?,42+/m1/s1. The number of halogens is 1. The molecular formula is C47H54FN9O4. The average molecular weight is 828 g/mol. The number of nitrogens with zero attached hydrogens (tertiary/aromatic N) is 7. The number of benzene rings is 2. The van der Waals surface area contributed by atoms with E-state index in [1.54, 1.807) is 4.90 Å². The Balaban J connectivity index is 0.657. The number of piperidine rings is 1. The second kappa shape index (κ2) is 14.0. The molecule has 0 radical (unpaired) electrons. The number of carbonyl (C=O) groups is 3. The van der Waals surface area contributed by atoms with E-state index in [9.17, 15) is 14.4 Å². The van der Waals surface area contributed by atoms with Gasteiger partial charge in [0.15, 0.2) is 0 Å². The van der Waals surface area contributed by atoms with E-state index in [0.717, 1.165) is 79.3 Å². The van der Waals surface area contributed by atoms with E-state index < -0.39 is 17.6 Å². The van der Waals surface area contributed by atoms with Crippen molar-refractivity contribution in [3.8, 4) is 5.75 Å². The summed E-state index contributed by atoms with van der Waals surface area (Å²) in [5.41, 5.74) is 7.54. The fourth-order valence-electron chi connectivity index (χ4n) is 12.2. The summed E-state index contributed by atoms with van der Waals surface area (Å²) in [6.45, 7) is 9.73. The molecule has 2 aliphatic carbocycles. The van der Waals surface area contributed by atoms with Crippen LogP contribution < -0.4 is 19.9 Å². The minimum Gasteiger partial charge on any atom is -0.489 e. The number of H-pyrrole nitrogens is 1. The zero-order valence-corrected chi connectivity index (χ0v) is 34.9. The fraction of sp³-hybridized carbons (Fsp3) is 0.553. The molecular weight excluding hydrogens is 774 g/mol. The molecule has 8 heterocycles. The molecule has 2 saturated carbocycles. The van der Waals surface area contributed by atoms with Crippen LogP contribution in [0.3, 0.4) is 0 Å². The highest BCUT2D eigenvalue weighted by Crippen LogP contribution is 2.50. The number of fused-ring (bicyclic) bond motifs is 8. The van der Waals surface area contributed by atoms with Gasteiger partial charge in [-0.05, 0) is 106 Å². The first-order chi connectivity index (χ1) is 29.6. The molecule has 13 nitrogen and oxygen atoms in total. The Morgan fingerprint density at radius 3 is 2.57 bits per heavy atom. The van der Waals surface area contributed by atoms with E-state index in [1.165, 1.54) is 42.5 Å². The molecule has 318 valence electrons. The van der Waals surface area contributed by atoms with Gasteiger partial charge in [0.25, 0.3) is 5.91 Å². The number of anilines is 2. The molecule has 61 heavy (non-hydrogen) atoms. The molecule has 8 aliphatic rings. The number of nitrogens with one attached hydrogen (secondary N) is 2. The summed E-state index contributed by atoms with van der Waals surface area (Å²) >= 11 is 0. The van der Waals surface area contributed by atoms with Gasteiger partial charge in [-0.25, -0.2) is 4.39 Å². The molecule has 1 spiro atoms. The van der Waals surface area contributed by atoms with Crippen LogP contribution >= 0.6 is 0 Å². The van der Waals surface area contributed by atoms with Crippen LogP contribution in [-0.2, 0) is 22.6 Å². The Kier molecular flexibility index (Phi) is 8.62. The molecule has 0 bridgehead atoms. The van der Waals surface area contributed by atoms with Crippen molar-refractivity contribution in [3.05, 3.63) is 76.7 Å². The number of alkyl halides is 1. The highest BCUT2D eigenvalue weighted by atomic mass is 19.1. The van der Waals surface area contributed by atoms with Gasteiger partial charge in [-0.15, -0.1) is 0 Å². The second-order valence-electron chi connectivity index (χ2n) is 19.7. The van der Waals surface area contributed by atoms with Gasteiger partial charge in [0.1, 0.15) is 24.1 Å². The Morgan fingerprint density at radius 2 is 1.79 bits per heavy atom. The zero-order valence-electron chi connectivity index (χ0n) is 34.9. The maximum absolute atomic E-state index is 15.4. The number of imide groups is 1. The Morgan fingerprint density at radius 1 is 0.934 bits per heavy atom. The molecule has 14 heteroatoms. The van der Waals surface area contributed by atoms with E-state index >= 15 is 4.39 Å². The molecule has 2 aromatic carbocycles. The number of aromatic amines is 1. The second-order valence-corrected chi connectivity index (χ2v) is 19.7. The third kappa shape index (κ3) is 6.33. The van der Waals surface area contributed by atoms with E-state index in [4.69, 9.17) is 9.72 Å². The van der Waals surface area contributed by atoms with Gasteiger partial charge in [0.2, 0.25) is 11.8 Å². The molecule has 3 amide bonds. The molecule has 2 aromatic heterocycles. The van der Waals surface area contributed by atoms with Crippen LogP contribution in [0.1, 0.15) is 97.1 Å². The number of aromatic nitrogens is 3. The number of hydrogen-bond donors (Lipinski definition) is 2. The first-order valence-corrected chi connectivity index (χ1v) is 22.6. The van der Waals surface area contributed by atoms with Crippen molar-refractivity contribution in [1.82, 2.24) is 35.2 Å². The molecule has 4 aromatic rings. The first-order valence-electron chi connectivity index (χ1n) is 22.6. The van der Waals surface area contributed by atoms with Gasteiger partial charge in [0, 0.05) is 80.2 Å². The van der Waals surface area contributed by atoms with Crippen LogP contribution in [-0.4, -0.2) is 124 Å². The number of hydrogen-bond acceptors (Lipinski definition) is 10. The lowest BCUT2D eigenvalue weighted by Crippen LogP contribution is -2.59. The minimum atomic E-state index is -1.08. The van der Waals surface area contributed by atoms with Crippen LogP contribution in [0, 0.1) is 11.3 Å². The van der Waals surface area contributed by atoms with Crippen LogP contribution in [0.5, 0.6) is 5.75 Å². The first kappa shape index (κ1) is 37.7. The lowest BCUT2D eigenvalue weighted by atomic mass is 9.65. The predicted molar refractivity (Wildman–Crippen MR) is 227 cm³/mol. The highest BCUT2D eigenvalue weighted by Gasteiger charge is 2.49. The quantitative estimate of drug-likeness (QED) is 0.242. The molecule has 3 saturated heterocycles. The smallest absolute Gasteiger partial charge is 0.255 e. The lowest BCUT2D eigenvalue weighted by Gasteiger charge is -2.55. The summed E-state index contributed by atoms with van der Waals surface area (Å²) in [6, 6.07) is 12.4. The van der Waals surface area contributed by atoms with E-state index in [0.29, 0.717) is 55.9 Å². The van der Waals surface area contributed by atoms with E-state index in [-0.39, 0.29) is 36.4 Å². The van der Waals surface area contributed by atoms with Crippen LogP contribution in [0.2, 0.25) is 0 Å². The molecule has 2 N–H and O–H groups in total. The van der Waals surface area contributed by atoms with Crippen molar-refractivity contribution in [2.75, 3.05) is 62.2 Å². The maximum atomic E-state index is 15.4. The van der Waals surface area contributed by atoms with Gasteiger partial charge in [-0.3, -0.25) is 39.6 Å². The number of carbonyl (C=O) groups excluding carboxylic acids is 3. The van der Waals surface area contributed by atoms with Crippen LogP contribution in [0.15, 0.2) is 48.8 Å². The Hall–Kier alpha value is -5.08. The summed E-state index contributed by atoms with van der Waals surface area (Å²) in [5, 5.41) is 11.0. The summed E-state index contributed by atoms with van der Waals surface area (Å²) < 4.78 is 21.8. The SMILES string of the molecule is C[C@@H]1Cc2c(ccc3[nH]ncc23)[C@@H](c2ccc(N3CC4(CCC(CN5CCN6c7ccc8c(c7OC[C@H]6C5)CN(C5CCC(=O)NC5=O)C8=O)CC4)C3)cn2)N1CC1(F)CC1. The van der Waals surface area contributed by atoms with Crippen molar-refractivity contribution in [1.29, 1.82) is 0 Å². The van der Waals surface area contributed by atoms with Gasteiger partial charge in [-0.2, -0.15) is 5.10 Å². The van der Waals surface area contributed by atoms with Gasteiger partial charge < -0.3 is 19.4 Å². The largest absolute Gasteiger partial charge is 0.489 e. The number of amides is 3. The van der Waals surface area contributed by atoms with E-state index in [1.807, 2.05) is 18.3 Å². The monoisotopic (exact) mass is 827 g/mol. The normalized spacial score (nSPS) is 28.2. The third-order valence-corrected chi connectivity index (χ3v) is 15.8. The Bertz CT molecular complexity index is 2440. The third-order valence-electron chi connectivity index (χ3n) is 15.8. The average Bonchev–Trinajstić information content (AvgIpc) is 3.61. The Labute approximate surface area is 354 Å². The van der Waals surface area contributed by atoms with Crippen molar-refractivity contribution >= 4 is 40.0 Å². The van der Waals surface area contributed by atoms with Gasteiger partial charge >= 0.3 is 0 Å². The highest BCUT2D eigenvalue weighted by molar-refractivity contribution is 6.06.